The van der Waals surface area contributed by atoms with Crippen LogP contribution >= 0.6 is 0 Å². The van der Waals surface area contributed by atoms with E-state index in [0.717, 1.165) is 30.2 Å². The first-order valence-electron chi connectivity index (χ1n) is 5.26. The molecule has 0 aliphatic carbocycles. The van der Waals surface area contributed by atoms with Gasteiger partial charge in [-0.3, -0.25) is 0 Å². The summed E-state index contributed by atoms with van der Waals surface area (Å²) in [5, 5.41) is 3.21. The van der Waals surface area contributed by atoms with Gasteiger partial charge in [0, 0.05) is 11.8 Å². The first kappa shape index (κ1) is 11.5. The number of anilines is 1. The largest absolute Gasteiger partial charge is 0.356 e. The molecule has 1 aromatic heterocycles. The van der Waals surface area contributed by atoms with E-state index in [9.17, 15) is 0 Å². The lowest BCUT2D eigenvalue weighted by Crippen LogP contribution is -2.17. The van der Waals surface area contributed by atoms with E-state index in [-0.39, 0.29) is 6.04 Å². The lowest BCUT2D eigenvalue weighted by atomic mass is 10.2. The zero-order valence-electron chi connectivity index (χ0n) is 9.54. The van der Waals surface area contributed by atoms with Crippen molar-refractivity contribution in [2.24, 2.45) is 0 Å². The predicted molar refractivity (Wildman–Crippen MR) is 62.7 cm³/mol. The van der Waals surface area contributed by atoms with E-state index >= 15 is 0 Å². The summed E-state index contributed by atoms with van der Waals surface area (Å²) in [5.41, 5.74) is 1.04. The molecule has 1 rings (SSSR count). The summed E-state index contributed by atoms with van der Waals surface area (Å²) >= 11 is 0. The Bertz CT molecular complexity index is 366. The monoisotopic (exact) mass is 203 g/mol. The van der Waals surface area contributed by atoms with Gasteiger partial charge in [-0.1, -0.05) is 19.8 Å². The van der Waals surface area contributed by atoms with Gasteiger partial charge in [-0.15, -0.1) is 6.42 Å². The second kappa shape index (κ2) is 5.35. The molecular formula is C12H17N3. The molecule has 80 valence electrons. The van der Waals surface area contributed by atoms with Gasteiger partial charge in [-0.05, 0) is 19.8 Å². The van der Waals surface area contributed by atoms with Crippen LogP contribution in [0.15, 0.2) is 6.07 Å². The van der Waals surface area contributed by atoms with Crippen molar-refractivity contribution >= 4 is 5.82 Å². The summed E-state index contributed by atoms with van der Waals surface area (Å²) in [7, 11) is 0. The summed E-state index contributed by atoms with van der Waals surface area (Å²) in [6.45, 7) is 6.01. The van der Waals surface area contributed by atoms with Crippen molar-refractivity contribution in [3.8, 4) is 12.3 Å². The standard InChI is InChI=1S/C12H17N3/c1-5-10(6-2)15-12-8-11(7-3)13-9(4)14-12/h1,8,10H,6-7H2,2-4H3,(H,13,14,15). The summed E-state index contributed by atoms with van der Waals surface area (Å²) in [4.78, 5) is 8.61. The smallest absolute Gasteiger partial charge is 0.130 e. The molecular weight excluding hydrogens is 186 g/mol. The van der Waals surface area contributed by atoms with Gasteiger partial charge in [-0.25, -0.2) is 9.97 Å². The average molecular weight is 203 g/mol. The number of hydrogen-bond acceptors (Lipinski definition) is 3. The van der Waals surface area contributed by atoms with Crippen LogP contribution < -0.4 is 5.32 Å². The predicted octanol–water partition coefficient (Wildman–Crippen LogP) is 2.17. The molecule has 0 aromatic carbocycles. The van der Waals surface area contributed by atoms with Gasteiger partial charge in [0.15, 0.2) is 0 Å². The van der Waals surface area contributed by atoms with E-state index in [4.69, 9.17) is 6.42 Å². The molecule has 0 aliphatic heterocycles. The van der Waals surface area contributed by atoms with Gasteiger partial charge in [0.05, 0.1) is 6.04 Å². The highest BCUT2D eigenvalue weighted by Gasteiger charge is 2.04. The molecule has 0 amide bonds. The van der Waals surface area contributed by atoms with Crippen molar-refractivity contribution in [3.63, 3.8) is 0 Å². The van der Waals surface area contributed by atoms with Crippen LogP contribution in [0, 0.1) is 19.3 Å². The van der Waals surface area contributed by atoms with Gasteiger partial charge in [0.25, 0.3) is 0 Å². The Morgan fingerprint density at radius 2 is 2.20 bits per heavy atom. The molecule has 0 saturated carbocycles. The Morgan fingerprint density at radius 3 is 2.73 bits per heavy atom. The lowest BCUT2D eigenvalue weighted by Gasteiger charge is -2.12. The normalized spacial score (nSPS) is 11.9. The van der Waals surface area contributed by atoms with Crippen molar-refractivity contribution in [3.05, 3.63) is 17.6 Å². The van der Waals surface area contributed by atoms with Gasteiger partial charge >= 0.3 is 0 Å². The van der Waals surface area contributed by atoms with E-state index in [1.807, 2.05) is 19.9 Å². The van der Waals surface area contributed by atoms with E-state index in [2.05, 4.69) is 28.1 Å². The van der Waals surface area contributed by atoms with E-state index in [0.29, 0.717) is 0 Å². The van der Waals surface area contributed by atoms with Crippen LogP contribution in [-0.2, 0) is 6.42 Å². The molecule has 15 heavy (non-hydrogen) atoms. The highest BCUT2D eigenvalue weighted by atomic mass is 15.0. The summed E-state index contributed by atoms with van der Waals surface area (Å²) in [5.74, 6) is 4.29. The van der Waals surface area contributed by atoms with Gasteiger partial charge in [0.2, 0.25) is 0 Å². The van der Waals surface area contributed by atoms with Crippen LogP contribution in [0.2, 0.25) is 0 Å². The molecule has 1 unspecified atom stereocenters. The fourth-order valence-corrected chi connectivity index (χ4v) is 1.32. The first-order chi connectivity index (χ1) is 7.19. The van der Waals surface area contributed by atoms with Crippen molar-refractivity contribution in [2.45, 2.75) is 39.7 Å². The topological polar surface area (TPSA) is 37.8 Å². The molecule has 1 aromatic rings. The Kier molecular flexibility index (Phi) is 4.11. The Morgan fingerprint density at radius 1 is 1.47 bits per heavy atom. The summed E-state index contributed by atoms with van der Waals surface area (Å²) in [6.07, 6.45) is 7.18. The molecule has 0 radical (unpaired) electrons. The van der Waals surface area contributed by atoms with Crippen LogP contribution in [0.25, 0.3) is 0 Å². The summed E-state index contributed by atoms with van der Waals surface area (Å²) in [6, 6.07) is 2.00. The maximum absolute atomic E-state index is 5.38. The Balaban J connectivity index is 2.85. The van der Waals surface area contributed by atoms with Crippen molar-refractivity contribution in [1.82, 2.24) is 9.97 Å². The minimum absolute atomic E-state index is 0.0454. The maximum Gasteiger partial charge on any atom is 0.130 e. The van der Waals surface area contributed by atoms with Crippen LogP contribution in [0.1, 0.15) is 31.8 Å². The highest BCUT2D eigenvalue weighted by Crippen LogP contribution is 2.09. The van der Waals surface area contributed by atoms with E-state index in [1.54, 1.807) is 0 Å². The second-order valence-corrected chi connectivity index (χ2v) is 3.42. The number of nitrogens with zero attached hydrogens (tertiary/aromatic N) is 2. The Hall–Kier alpha value is -1.56. The molecule has 0 aliphatic rings. The van der Waals surface area contributed by atoms with E-state index in [1.165, 1.54) is 0 Å². The highest BCUT2D eigenvalue weighted by molar-refractivity contribution is 5.39. The maximum atomic E-state index is 5.38. The van der Waals surface area contributed by atoms with Gasteiger partial charge < -0.3 is 5.32 Å². The SMILES string of the molecule is C#CC(CC)Nc1cc(CC)nc(C)n1. The summed E-state index contributed by atoms with van der Waals surface area (Å²) < 4.78 is 0. The fourth-order valence-electron chi connectivity index (χ4n) is 1.32. The van der Waals surface area contributed by atoms with Crippen molar-refractivity contribution < 1.29 is 0 Å². The number of aromatic nitrogens is 2. The molecule has 0 fully saturated rings. The van der Waals surface area contributed by atoms with Crippen molar-refractivity contribution in [2.75, 3.05) is 5.32 Å². The lowest BCUT2D eigenvalue weighted by molar-refractivity contribution is 0.841. The second-order valence-electron chi connectivity index (χ2n) is 3.42. The molecule has 0 bridgehead atoms. The third kappa shape index (κ3) is 3.25. The fraction of sp³-hybridized carbons (Fsp3) is 0.500. The minimum atomic E-state index is 0.0454. The minimum Gasteiger partial charge on any atom is -0.356 e. The van der Waals surface area contributed by atoms with Crippen molar-refractivity contribution in [1.29, 1.82) is 0 Å². The van der Waals surface area contributed by atoms with E-state index < -0.39 is 0 Å². The number of hydrogen-bond donors (Lipinski definition) is 1. The van der Waals surface area contributed by atoms with Crippen LogP contribution in [0.3, 0.4) is 0 Å². The van der Waals surface area contributed by atoms with Gasteiger partial charge in [0.1, 0.15) is 11.6 Å². The zero-order chi connectivity index (χ0) is 11.3. The number of aryl methyl sites for hydroxylation is 2. The number of terminal acetylenes is 1. The molecule has 0 spiro atoms. The number of nitrogens with one attached hydrogen (secondary N) is 1. The quantitative estimate of drug-likeness (QED) is 0.762. The zero-order valence-corrected chi connectivity index (χ0v) is 9.54. The number of rotatable bonds is 4. The van der Waals surface area contributed by atoms with Crippen LogP contribution in [0.4, 0.5) is 5.82 Å². The molecule has 1 N–H and O–H groups in total. The average Bonchev–Trinajstić information content (AvgIpc) is 2.25. The molecule has 0 saturated heterocycles. The third-order valence-corrected chi connectivity index (χ3v) is 2.18. The molecule has 1 heterocycles. The van der Waals surface area contributed by atoms with Gasteiger partial charge in [-0.2, -0.15) is 0 Å². The molecule has 1 atom stereocenters. The third-order valence-electron chi connectivity index (χ3n) is 2.18. The van der Waals surface area contributed by atoms with Crippen LogP contribution in [-0.4, -0.2) is 16.0 Å². The molecule has 3 heteroatoms. The Labute approximate surface area is 91.3 Å². The first-order valence-corrected chi connectivity index (χ1v) is 5.26. The molecule has 3 nitrogen and oxygen atoms in total. The van der Waals surface area contributed by atoms with Crippen LogP contribution in [0.5, 0.6) is 0 Å².